The van der Waals surface area contributed by atoms with Crippen LogP contribution in [0.3, 0.4) is 0 Å². The summed E-state index contributed by atoms with van der Waals surface area (Å²) in [5.74, 6) is -0.464. The summed E-state index contributed by atoms with van der Waals surface area (Å²) in [6.07, 6.45) is 2.18. The summed E-state index contributed by atoms with van der Waals surface area (Å²) in [4.78, 5) is 2.27. The first-order chi connectivity index (χ1) is 5.24. The van der Waals surface area contributed by atoms with Gasteiger partial charge in [-0.25, -0.2) is 0 Å². The molecule has 0 amide bonds. The van der Waals surface area contributed by atoms with Crippen LogP contribution in [0.2, 0.25) is 0 Å². The van der Waals surface area contributed by atoms with Crippen LogP contribution in [0.15, 0.2) is 0 Å². The molecule has 0 spiro atoms. The van der Waals surface area contributed by atoms with E-state index in [-0.39, 0.29) is 0 Å². The fourth-order valence-electron chi connectivity index (χ4n) is 2.22. The molecule has 3 heterocycles. The lowest BCUT2D eigenvalue weighted by atomic mass is 9.83. The number of hydrogen-bond donors (Lipinski definition) is 1. The fourth-order valence-corrected chi connectivity index (χ4v) is 2.22. The molecule has 3 rings (SSSR count). The molecule has 3 aliphatic rings. The van der Waals surface area contributed by atoms with E-state index in [1.165, 1.54) is 0 Å². The van der Waals surface area contributed by atoms with Crippen LogP contribution in [0.4, 0.5) is 0 Å². The number of piperidine rings is 3. The van der Waals surface area contributed by atoms with Gasteiger partial charge in [0.1, 0.15) is 0 Å². The lowest BCUT2D eigenvalue weighted by Crippen LogP contribution is -2.59. The molecule has 0 unspecified atom stereocenters. The Morgan fingerprint density at radius 3 is 2.36 bits per heavy atom. The van der Waals surface area contributed by atoms with Crippen LogP contribution < -0.4 is 0 Å². The predicted molar refractivity (Wildman–Crippen MR) is 41.1 cm³/mol. The van der Waals surface area contributed by atoms with Crippen LogP contribution in [0, 0.1) is 5.92 Å². The van der Waals surface area contributed by atoms with Gasteiger partial charge in [-0.1, -0.05) is 0 Å². The Labute approximate surface area is 66.9 Å². The highest BCUT2D eigenvalue weighted by Gasteiger charge is 2.45. The van der Waals surface area contributed by atoms with Crippen molar-refractivity contribution >= 4 is 0 Å². The molecule has 3 saturated heterocycles. The maximum Gasteiger partial charge on any atom is 0.180 e. The van der Waals surface area contributed by atoms with Crippen molar-refractivity contribution in [2.45, 2.75) is 18.6 Å². The zero-order chi connectivity index (χ0) is 7.90. The quantitative estimate of drug-likeness (QED) is 0.546. The first-order valence-corrected chi connectivity index (χ1v) is 4.24. The van der Waals surface area contributed by atoms with E-state index in [1.807, 2.05) is 0 Å². The van der Waals surface area contributed by atoms with Gasteiger partial charge in [-0.05, 0) is 25.9 Å². The molecule has 64 valence electrons. The number of ether oxygens (including phenoxy) is 1. The third kappa shape index (κ3) is 1.08. The zero-order valence-electron chi connectivity index (χ0n) is 6.92. The molecule has 2 bridgehead atoms. The highest BCUT2D eigenvalue weighted by molar-refractivity contribution is 4.92. The average Bonchev–Trinajstić information content (AvgIpc) is 2.06. The van der Waals surface area contributed by atoms with Gasteiger partial charge in [0, 0.05) is 13.0 Å². The van der Waals surface area contributed by atoms with Crippen LogP contribution in [-0.2, 0) is 4.74 Å². The molecule has 3 aliphatic heterocycles. The summed E-state index contributed by atoms with van der Waals surface area (Å²) in [5.41, 5.74) is 0. The average molecular weight is 157 g/mol. The molecule has 1 N–H and O–H groups in total. The normalized spacial score (nSPS) is 49.6. The van der Waals surface area contributed by atoms with E-state index in [4.69, 9.17) is 4.74 Å². The van der Waals surface area contributed by atoms with Crippen LogP contribution in [0.1, 0.15) is 12.8 Å². The van der Waals surface area contributed by atoms with Gasteiger partial charge in [-0.2, -0.15) is 0 Å². The largest absolute Gasteiger partial charge is 0.364 e. The lowest BCUT2D eigenvalue weighted by molar-refractivity contribution is -0.263. The standard InChI is InChI=1S/C8H15NO2/c1-11-8(10)6-9-4-2-7(8)3-5-9/h7,10H,2-6H2,1H3/t8-/m0/s1. The molecule has 0 aromatic heterocycles. The maximum atomic E-state index is 9.91. The van der Waals surface area contributed by atoms with Crippen molar-refractivity contribution in [2.24, 2.45) is 5.92 Å². The summed E-state index contributed by atoms with van der Waals surface area (Å²) in [5, 5.41) is 9.91. The summed E-state index contributed by atoms with van der Waals surface area (Å²) >= 11 is 0. The highest BCUT2D eigenvalue weighted by atomic mass is 16.6. The molecule has 3 fully saturated rings. The van der Waals surface area contributed by atoms with Gasteiger partial charge < -0.3 is 9.84 Å². The van der Waals surface area contributed by atoms with E-state index in [0.29, 0.717) is 12.5 Å². The van der Waals surface area contributed by atoms with E-state index in [9.17, 15) is 5.11 Å². The molecule has 0 saturated carbocycles. The molecule has 0 aromatic carbocycles. The van der Waals surface area contributed by atoms with Gasteiger partial charge in [0.15, 0.2) is 5.79 Å². The zero-order valence-corrected chi connectivity index (χ0v) is 6.92. The van der Waals surface area contributed by atoms with Crippen molar-refractivity contribution in [3.8, 4) is 0 Å². The second-order valence-corrected chi connectivity index (χ2v) is 3.60. The van der Waals surface area contributed by atoms with Crippen molar-refractivity contribution in [3.63, 3.8) is 0 Å². The Balaban J connectivity index is 2.13. The van der Waals surface area contributed by atoms with E-state index in [0.717, 1.165) is 25.9 Å². The molecule has 0 aliphatic carbocycles. The van der Waals surface area contributed by atoms with Crippen LogP contribution in [0.25, 0.3) is 0 Å². The molecule has 0 radical (unpaired) electrons. The first kappa shape index (κ1) is 7.53. The molecule has 3 heteroatoms. The molecule has 1 atom stereocenters. The van der Waals surface area contributed by atoms with Crippen molar-refractivity contribution < 1.29 is 9.84 Å². The topological polar surface area (TPSA) is 32.7 Å². The Morgan fingerprint density at radius 1 is 1.45 bits per heavy atom. The van der Waals surface area contributed by atoms with Crippen LogP contribution in [0.5, 0.6) is 0 Å². The maximum absolute atomic E-state index is 9.91. The summed E-state index contributed by atoms with van der Waals surface area (Å²) < 4.78 is 5.13. The van der Waals surface area contributed by atoms with Crippen LogP contribution >= 0.6 is 0 Å². The number of rotatable bonds is 1. The van der Waals surface area contributed by atoms with Gasteiger partial charge in [0.25, 0.3) is 0 Å². The van der Waals surface area contributed by atoms with E-state index in [1.54, 1.807) is 7.11 Å². The van der Waals surface area contributed by atoms with Crippen LogP contribution in [-0.4, -0.2) is 42.5 Å². The van der Waals surface area contributed by atoms with Gasteiger partial charge >= 0.3 is 0 Å². The minimum Gasteiger partial charge on any atom is -0.364 e. The monoisotopic (exact) mass is 157 g/mol. The van der Waals surface area contributed by atoms with E-state index >= 15 is 0 Å². The Bertz CT molecular complexity index is 154. The van der Waals surface area contributed by atoms with Crippen molar-refractivity contribution in [1.82, 2.24) is 4.90 Å². The molecule has 3 nitrogen and oxygen atoms in total. The summed E-state index contributed by atoms with van der Waals surface area (Å²) in [7, 11) is 1.60. The van der Waals surface area contributed by atoms with E-state index < -0.39 is 5.79 Å². The predicted octanol–water partition coefficient (Wildman–Crippen LogP) is 0.0470. The summed E-state index contributed by atoms with van der Waals surface area (Å²) in [6, 6.07) is 0. The number of hydrogen-bond acceptors (Lipinski definition) is 3. The molecule has 0 aromatic rings. The number of aliphatic hydroxyl groups is 1. The molecule has 11 heavy (non-hydrogen) atoms. The third-order valence-corrected chi connectivity index (χ3v) is 3.03. The second-order valence-electron chi connectivity index (χ2n) is 3.60. The Hall–Kier alpha value is -0.120. The molecular weight excluding hydrogens is 142 g/mol. The smallest absolute Gasteiger partial charge is 0.180 e. The van der Waals surface area contributed by atoms with Crippen molar-refractivity contribution in [1.29, 1.82) is 0 Å². The first-order valence-electron chi connectivity index (χ1n) is 4.24. The molecular formula is C8H15NO2. The lowest BCUT2D eigenvalue weighted by Gasteiger charge is -2.49. The second kappa shape index (κ2) is 2.44. The third-order valence-electron chi connectivity index (χ3n) is 3.03. The minimum absolute atomic E-state index is 0.373. The van der Waals surface area contributed by atoms with Gasteiger partial charge in [0.05, 0.1) is 6.54 Å². The highest BCUT2D eigenvalue weighted by Crippen LogP contribution is 2.35. The van der Waals surface area contributed by atoms with Crippen molar-refractivity contribution in [2.75, 3.05) is 26.7 Å². The fraction of sp³-hybridized carbons (Fsp3) is 1.00. The SMILES string of the molecule is CO[C@@]1(O)CN2CCC1CC2. The van der Waals surface area contributed by atoms with E-state index in [2.05, 4.69) is 4.90 Å². The van der Waals surface area contributed by atoms with Crippen molar-refractivity contribution in [3.05, 3.63) is 0 Å². The minimum atomic E-state index is -0.837. The van der Waals surface area contributed by atoms with Gasteiger partial charge in [0.2, 0.25) is 0 Å². The van der Waals surface area contributed by atoms with Gasteiger partial charge in [-0.15, -0.1) is 0 Å². The number of fused-ring (bicyclic) bond motifs is 3. The Kier molecular flexibility index (Phi) is 1.67. The summed E-state index contributed by atoms with van der Waals surface area (Å²) in [6.45, 7) is 2.97. The number of nitrogens with zero attached hydrogens (tertiary/aromatic N) is 1. The van der Waals surface area contributed by atoms with Gasteiger partial charge in [-0.3, -0.25) is 4.90 Å². The number of methoxy groups -OCH3 is 1. The Morgan fingerprint density at radius 2 is 2.09 bits per heavy atom.